The fourth-order valence-corrected chi connectivity index (χ4v) is 7.16. The van der Waals surface area contributed by atoms with Crippen LogP contribution in [0.2, 0.25) is 0 Å². The molecule has 1 aromatic carbocycles. The third kappa shape index (κ3) is 5.45. The van der Waals surface area contributed by atoms with E-state index in [-0.39, 0.29) is 17.1 Å². The molecule has 0 unspecified atom stereocenters. The minimum Gasteiger partial charge on any atom is -0.374 e. The highest BCUT2D eigenvalue weighted by atomic mass is 32.2. The zero-order chi connectivity index (χ0) is 29.2. The van der Waals surface area contributed by atoms with Crippen LogP contribution >= 0.6 is 0 Å². The van der Waals surface area contributed by atoms with Gasteiger partial charge >= 0.3 is 0 Å². The minimum atomic E-state index is -2.35. The van der Waals surface area contributed by atoms with E-state index in [1.54, 1.807) is 18.6 Å². The van der Waals surface area contributed by atoms with E-state index >= 15 is 0 Å². The smallest absolute Gasteiger partial charge is 0.229 e. The maximum absolute atomic E-state index is 12.4. The van der Waals surface area contributed by atoms with Crippen LogP contribution in [0.5, 0.6) is 0 Å². The van der Waals surface area contributed by atoms with Crippen LogP contribution < -0.4 is 10.2 Å². The molecule has 3 aliphatic heterocycles. The Bertz CT molecular complexity index is 1610. The summed E-state index contributed by atoms with van der Waals surface area (Å²) in [5.74, 6) is 3.12. The topological polar surface area (TPSA) is 95.8 Å². The van der Waals surface area contributed by atoms with Gasteiger partial charge in [-0.3, -0.25) is 0 Å². The van der Waals surface area contributed by atoms with Crippen LogP contribution in [0.3, 0.4) is 0 Å². The minimum absolute atomic E-state index is 0.0622. The van der Waals surface area contributed by atoms with Gasteiger partial charge in [-0.05, 0) is 88.5 Å². The summed E-state index contributed by atoms with van der Waals surface area (Å²) in [6.07, 6.45) is 7.17. The zero-order valence-corrected chi connectivity index (χ0v) is 26.0. The molecule has 10 heteroatoms. The van der Waals surface area contributed by atoms with Crippen LogP contribution in [-0.4, -0.2) is 75.0 Å². The van der Waals surface area contributed by atoms with Gasteiger partial charge in [0.15, 0.2) is 5.82 Å². The Labute approximate surface area is 243 Å². The van der Waals surface area contributed by atoms with Gasteiger partial charge in [0, 0.05) is 51.6 Å². The molecule has 0 radical (unpaired) electrons. The van der Waals surface area contributed by atoms with Gasteiger partial charge in [0.2, 0.25) is 5.95 Å². The molecule has 0 spiro atoms. The Balaban J connectivity index is 1.38. The van der Waals surface area contributed by atoms with Crippen molar-refractivity contribution >= 4 is 38.8 Å². The van der Waals surface area contributed by atoms with Crippen molar-refractivity contribution in [3.8, 4) is 0 Å². The van der Waals surface area contributed by atoms with E-state index in [0.717, 1.165) is 42.4 Å². The number of hydrogen-bond acceptors (Lipinski definition) is 9. The van der Waals surface area contributed by atoms with Crippen molar-refractivity contribution in [3.63, 3.8) is 0 Å². The lowest BCUT2D eigenvalue weighted by Crippen LogP contribution is -2.54. The molecule has 2 fully saturated rings. The van der Waals surface area contributed by atoms with Crippen molar-refractivity contribution in [2.75, 3.05) is 49.5 Å². The summed E-state index contributed by atoms with van der Waals surface area (Å²) < 4.78 is 23.1. The van der Waals surface area contributed by atoms with Gasteiger partial charge in [-0.1, -0.05) is 19.1 Å². The van der Waals surface area contributed by atoms with Gasteiger partial charge in [0.25, 0.3) is 0 Å². The molecule has 3 atom stereocenters. The number of nitrogens with zero attached hydrogens (tertiary/aromatic N) is 6. The number of likely N-dealkylation sites (tertiary alicyclic amines) is 1. The molecule has 2 aromatic heterocycles. The second-order valence-corrected chi connectivity index (χ2v) is 15.6. The molecule has 6 rings (SSSR count). The van der Waals surface area contributed by atoms with Gasteiger partial charge in [-0.25, -0.2) is 14.2 Å². The van der Waals surface area contributed by atoms with Crippen LogP contribution in [0.25, 0.3) is 0 Å². The number of hydrogen-bond donors (Lipinski definition) is 1. The van der Waals surface area contributed by atoms with Crippen molar-refractivity contribution in [2.24, 2.45) is 4.36 Å². The summed E-state index contributed by atoms with van der Waals surface area (Å²) in [5.41, 5.74) is 4.10. The number of aryl methyl sites for hydroxylation is 1. The van der Waals surface area contributed by atoms with Crippen molar-refractivity contribution in [3.05, 3.63) is 59.3 Å². The second-order valence-electron chi connectivity index (χ2n) is 13.1. The summed E-state index contributed by atoms with van der Waals surface area (Å²) in [6.45, 7) is 11.5. The van der Waals surface area contributed by atoms with Gasteiger partial charge < -0.3 is 19.9 Å². The second kappa shape index (κ2) is 10.0. The van der Waals surface area contributed by atoms with Crippen molar-refractivity contribution in [1.29, 1.82) is 0 Å². The Kier molecular flexibility index (Phi) is 6.86. The molecule has 218 valence electrons. The van der Waals surface area contributed by atoms with E-state index in [1.165, 1.54) is 17.5 Å². The number of rotatable bonds is 5. The van der Waals surface area contributed by atoms with Gasteiger partial charge in [-0.15, -0.1) is 0 Å². The predicted octanol–water partition coefficient (Wildman–Crippen LogP) is 5.68. The maximum Gasteiger partial charge on any atom is 0.229 e. The van der Waals surface area contributed by atoms with Crippen LogP contribution in [0.4, 0.5) is 29.1 Å². The first-order valence-corrected chi connectivity index (χ1v) is 16.7. The quantitative estimate of drug-likeness (QED) is 0.415. The van der Waals surface area contributed by atoms with Crippen LogP contribution in [0.1, 0.15) is 56.2 Å². The SMILES string of the molecule is Cc1cc(Nc2ncc3c(n2)N(c2cccc(N=S(C)(C)=O)n2)[C@H]2CC(C)(C)OC[C@@]32C)ccc1[C@H]1CCN(C)C1. The molecule has 3 aliphatic rings. The summed E-state index contributed by atoms with van der Waals surface area (Å²) in [5, 5.41) is 3.46. The third-order valence-electron chi connectivity index (χ3n) is 8.74. The first-order chi connectivity index (χ1) is 19.3. The van der Waals surface area contributed by atoms with Crippen LogP contribution in [0, 0.1) is 6.92 Å². The zero-order valence-electron chi connectivity index (χ0n) is 25.1. The Morgan fingerprint density at radius 2 is 1.95 bits per heavy atom. The van der Waals surface area contributed by atoms with Crippen molar-refractivity contribution in [1.82, 2.24) is 19.9 Å². The highest BCUT2D eigenvalue weighted by molar-refractivity contribution is 7.92. The average molecular weight is 576 g/mol. The van der Waals surface area contributed by atoms with Crippen molar-refractivity contribution < 1.29 is 8.95 Å². The molecule has 9 nitrogen and oxygen atoms in total. The molecule has 5 heterocycles. The Morgan fingerprint density at radius 3 is 2.66 bits per heavy atom. The standard InChI is InChI=1S/C31H41N7O2S/c1-20-15-22(11-12-23(20)21-13-14-37(5)18-21)33-29-32-17-24-28(35-29)38(25-16-30(2,3)40-19-31(24,25)4)27-10-8-9-26(34-27)36-41(6,7)39/h8-12,15,17,21,25H,13-14,16,18-19H2,1-7H3,(H,32,33,35)/t21-,25-,31-/m0/s1. The lowest BCUT2D eigenvalue weighted by molar-refractivity contribution is -0.0893. The number of pyridine rings is 1. The van der Waals surface area contributed by atoms with E-state index < -0.39 is 9.73 Å². The lowest BCUT2D eigenvalue weighted by atomic mass is 9.73. The van der Waals surface area contributed by atoms with E-state index in [4.69, 9.17) is 19.7 Å². The first-order valence-electron chi connectivity index (χ1n) is 14.3. The summed E-state index contributed by atoms with van der Waals surface area (Å²) in [4.78, 5) is 19.3. The molecule has 1 N–H and O–H groups in total. The van der Waals surface area contributed by atoms with E-state index in [1.807, 2.05) is 18.3 Å². The van der Waals surface area contributed by atoms with E-state index in [2.05, 4.69) is 72.4 Å². The number of ether oxygens (including phenoxy) is 1. The molecule has 3 aromatic rings. The highest BCUT2D eigenvalue weighted by Crippen LogP contribution is 2.53. The molecule has 2 saturated heterocycles. The van der Waals surface area contributed by atoms with E-state index in [0.29, 0.717) is 24.3 Å². The summed E-state index contributed by atoms with van der Waals surface area (Å²) in [7, 11) is -0.162. The number of fused-ring (bicyclic) bond motifs is 3. The van der Waals surface area contributed by atoms with E-state index in [9.17, 15) is 4.21 Å². The molecular weight excluding hydrogens is 534 g/mol. The summed E-state index contributed by atoms with van der Waals surface area (Å²) >= 11 is 0. The Hall–Kier alpha value is -3.08. The molecule has 41 heavy (non-hydrogen) atoms. The number of likely N-dealkylation sites (N-methyl/N-ethyl adjacent to an activating group) is 1. The molecule has 0 bridgehead atoms. The van der Waals surface area contributed by atoms with Crippen molar-refractivity contribution in [2.45, 2.75) is 63.5 Å². The molecule has 0 saturated carbocycles. The van der Waals surface area contributed by atoms with Gasteiger partial charge in [-0.2, -0.15) is 9.35 Å². The monoisotopic (exact) mass is 575 g/mol. The average Bonchev–Trinajstić information content (AvgIpc) is 3.41. The third-order valence-corrected chi connectivity index (χ3v) is 9.37. The highest BCUT2D eigenvalue weighted by Gasteiger charge is 2.55. The summed E-state index contributed by atoms with van der Waals surface area (Å²) in [6, 6.07) is 12.3. The lowest BCUT2D eigenvalue weighted by Gasteiger charge is -2.46. The van der Waals surface area contributed by atoms with Gasteiger partial charge in [0.1, 0.15) is 11.6 Å². The normalized spacial score (nSPS) is 25.6. The largest absolute Gasteiger partial charge is 0.374 e. The predicted molar refractivity (Wildman–Crippen MR) is 166 cm³/mol. The maximum atomic E-state index is 12.4. The molecular formula is C31H41N7O2S. The number of nitrogens with one attached hydrogen (secondary N) is 1. The molecule has 0 aliphatic carbocycles. The van der Waals surface area contributed by atoms with Gasteiger partial charge in [0.05, 0.1) is 18.2 Å². The molecule has 0 amide bonds. The number of anilines is 4. The van der Waals surface area contributed by atoms with Crippen LogP contribution in [-0.2, 0) is 19.9 Å². The first kappa shape index (κ1) is 28.1. The number of benzene rings is 1. The van der Waals surface area contributed by atoms with Crippen LogP contribution in [0.15, 0.2) is 47.0 Å². The fraction of sp³-hybridized carbons (Fsp3) is 0.516. The number of aromatic nitrogens is 3. The fourth-order valence-electron chi connectivity index (χ4n) is 6.61. The Morgan fingerprint density at radius 1 is 1.15 bits per heavy atom.